The summed E-state index contributed by atoms with van der Waals surface area (Å²) in [6.07, 6.45) is 2.67. The van der Waals surface area contributed by atoms with Crippen molar-refractivity contribution in [3.8, 4) is 0 Å². The summed E-state index contributed by atoms with van der Waals surface area (Å²) in [6, 6.07) is 8.60. The molecule has 2 rings (SSSR count). The highest BCUT2D eigenvalue weighted by Gasteiger charge is 2.14. The van der Waals surface area contributed by atoms with Gasteiger partial charge >= 0.3 is 0 Å². The number of nitrogens with one attached hydrogen (secondary N) is 2. The molecule has 130 valence electrons. The van der Waals surface area contributed by atoms with Gasteiger partial charge in [0.15, 0.2) is 5.96 Å². The molecule has 1 aliphatic rings. The number of nitrogens with zero attached hydrogens (tertiary/aromatic N) is 2. The largest absolute Gasteiger partial charge is 0.355 e. The lowest BCUT2D eigenvalue weighted by molar-refractivity contribution is 0.195. The monoisotopic (exact) mass is 430 g/mol. The molecule has 0 radical (unpaired) electrons. The van der Waals surface area contributed by atoms with E-state index >= 15 is 0 Å². The van der Waals surface area contributed by atoms with E-state index in [1.54, 1.807) is 0 Å². The van der Waals surface area contributed by atoms with Gasteiger partial charge in [-0.1, -0.05) is 36.8 Å². The molecule has 0 spiro atoms. The molecule has 0 unspecified atom stereocenters. The SMILES string of the molecule is CN=C(NCCN1CCC(C)CC1)NCc1ccc(C)cc1.I. The zero-order valence-corrected chi connectivity index (χ0v) is 17.0. The zero-order valence-electron chi connectivity index (χ0n) is 14.6. The third-order valence-corrected chi connectivity index (χ3v) is 4.40. The number of hydrogen-bond acceptors (Lipinski definition) is 2. The summed E-state index contributed by atoms with van der Waals surface area (Å²) in [6.45, 7) is 9.78. The summed E-state index contributed by atoms with van der Waals surface area (Å²) in [5.41, 5.74) is 2.57. The first-order valence-corrected chi connectivity index (χ1v) is 8.40. The van der Waals surface area contributed by atoms with Gasteiger partial charge in [0.25, 0.3) is 0 Å². The summed E-state index contributed by atoms with van der Waals surface area (Å²) in [5.74, 6) is 1.78. The molecule has 0 atom stereocenters. The minimum atomic E-state index is 0. The van der Waals surface area contributed by atoms with Crippen molar-refractivity contribution < 1.29 is 0 Å². The third kappa shape index (κ3) is 7.52. The molecule has 1 aromatic rings. The van der Waals surface area contributed by atoms with E-state index in [1.807, 2.05) is 7.05 Å². The maximum Gasteiger partial charge on any atom is 0.191 e. The fraction of sp³-hybridized carbons (Fsp3) is 0.611. The van der Waals surface area contributed by atoms with Gasteiger partial charge in [0.2, 0.25) is 0 Å². The van der Waals surface area contributed by atoms with Crippen LogP contribution in [0.25, 0.3) is 0 Å². The van der Waals surface area contributed by atoms with E-state index in [0.717, 1.165) is 31.5 Å². The van der Waals surface area contributed by atoms with E-state index in [1.165, 1.54) is 37.1 Å². The molecule has 1 heterocycles. The first kappa shape index (κ1) is 20.2. The molecule has 1 fully saturated rings. The number of aryl methyl sites for hydroxylation is 1. The van der Waals surface area contributed by atoms with Gasteiger partial charge < -0.3 is 15.5 Å². The highest BCUT2D eigenvalue weighted by Crippen LogP contribution is 2.15. The number of halogens is 1. The van der Waals surface area contributed by atoms with Gasteiger partial charge in [0, 0.05) is 26.7 Å². The molecular weight excluding hydrogens is 399 g/mol. The quantitative estimate of drug-likeness (QED) is 0.429. The lowest BCUT2D eigenvalue weighted by atomic mass is 9.99. The topological polar surface area (TPSA) is 39.7 Å². The average molecular weight is 430 g/mol. The van der Waals surface area contributed by atoms with Crippen LogP contribution in [0.3, 0.4) is 0 Å². The summed E-state index contributed by atoms with van der Waals surface area (Å²) in [5, 5.41) is 6.78. The predicted octanol–water partition coefficient (Wildman–Crippen LogP) is 3.01. The fourth-order valence-electron chi connectivity index (χ4n) is 2.73. The van der Waals surface area contributed by atoms with E-state index < -0.39 is 0 Å². The normalized spacial score (nSPS) is 16.7. The van der Waals surface area contributed by atoms with Crippen molar-refractivity contribution in [3.05, 3.63) is 35.4 Å². The second kappa shape index (κ2) is 10.9. The Labute approximate surface area is 158 Å². The van der Waals surface area contributed by atoms with E-state index in [2.05, 4.69) is 58.6 Å². The fourth-order valence-corrected chi connectivity index (χ4v) is 2.73. The Morgan fingerprint density at radius 1 is 1.17 bits per heavy atom. The first-order valence-electron chi connectivity index (χ1n) is 8.40. The van der Waals surface area contributed by atoms with E-state index in [9.17, 15) is 0 Å². The van der Waals surface area contributed by atoms with Gasteiger partial charge in [-0.15, -0.1) is 24.0 Å². The molecule has 0 aromatic heterocycles. The standard InChI is InChI=1S/C18H30N4.HI/c1-15-4-6-17(7-5-15)14-21-18(19-3)20-10-13-22-11-8-16(2)9-12-22;/h4-7,16H,8-14H2,1-3H3,(H2,19,20,21);1H. The van der Waals surface area contributed by atoms with Crippen molar-refractivity contribution >= 4 is 29.9 Å². The lowest BCUT2D eigenvalue weighted by Gasteiger charge is -2.30. The summed E-state index contributed by atoms with van der Waals surface area (Å²) >= 11 is 0. The highest BCUT2D eigenvalue weighted by atomic mass is 127. The molecule has 1 saturated heterocycles. The molecule has 2 N–H and O–H groups in total. The number of rotatable bonds is 5. The smallest absolute Gasteiger partial charge is 0.191 e. The van der Waals surface area contributed by atoms with Crippen LogP contribution in [-0.4, -0.2) is 44.1 Å². The zero-order chi connectivity index (χ0) is 15.8. The van der Waals surface area contributed by atoms with Gasteiger partial charge in [-0.2, -0.15) is 0 Å². The molecule has 5 heteroatoms. The van der Waals surface area contributed by atoms with Crippen LogP contribution in [0.4, 0.5) is 0 Å². The van der Waals surface area contributed by atoms with Crippen LogP contribution in [0, 0.1) is 12.8 Å². The minimum absolute atomic E-state index is 0. The van der Waals surface area contributed by atoms with Crippen LogP contribution in [0.5, 0.6) is 0 Å². The Kier molecular flexibility index (Phi) is 9.55. The third-order valence-electron chi connectivity index (χ3n) is 4.40. The van der Waals surface area contributed by atoms with Gasteiger partial charge in [0.1, 0.15) is 0 Å². The number of hydrogen-bond donors (Lipinski definition) is 2. The molecule has 23 heavy (non-hydrogen) atoms. The molecule has 1 aromatic carbocycles. The van der Waals surface area contributed by atoms with Gasteiger partial charge in [0.05, 0.1) is 0 Å². The number of aliphatic imine (C=N–C) groups is 1. The van der Waals surface area contributed by atoms with Crippen molar-refractivity contribution in [1.82, 2.24) is 15.5 Å². The molecule has 0 bridgehead atoms. The molecular formula is C18H31IN4. The van der Waals surface area contributed by atoms with Gasteiger partial charge in [-0.25, -0.2) is 0 Å². The Balaban J connectivity index is 0.00000264. The molecule has 0 saturated carbocycles. The molecule has 4 nitrogen and oxygen atoms in total. The Hall–Kier alpha value is -0.820. The first-order chi connectivity index (χ1) is 10.7. The minimum Gasteiger partial charge on any atom is -0.355 e. The van der Waals surface area contributed by atoms with E-state index in [-0.39, 0.29) is 24.0 Å². The summed E-state index contributed by atoms with van der Waals surface area (Å²) in [4.78, 5) is 6.83. The van der Waals surface area contributed by atoms with Gasteiger partial charge in [-0.3, -0.25) is 4.99 Å². The summed E-state index contributed by atoms with van der Waals surface area (Å²) in [7, 11) is 1.83. The summed E-state index contributed by atoms with van der Waals surface area (Å²) < 4.78 is 0. The number of guanidine groups is 1. The van der Waals surface area contributed by atoms with Crippen LogP contribution in [0.1, 0.15) is 30.9 Å². The molecule has 1 aliphatic heterocycles. The van der Waals surface area contributed by atoms with Crippen molar-refractivity contribution in [2.75, 3.05) is 33.2 Å². The van der Waals surface area contributed by atoms with Crippen molar-refractivity contribution in [2.24, 2.45) is 10.9 Å². The van der Waals surface area contributed by atoms with Crippen molar-refractivity contribution in [2.45, 2.75) is 33.2 Å². The maximum absolute atomic E-state index is 4.29. The van der Waals surface area contributed by atoms with Gasteiger partial charge in [-0.05, 0) is 44.3 Å². The number of piperidine rings is 1. The Morgan fingerprint density at radius 2 is 1.83 bits per heavy atom. The number of benzene rings is 1. The van der Waals surface area contributed by atoms with E-state index in [0.29, 0.717) is 0 Å². The lowest BCUT2D eigenvalue weighted by Crippen LogP contribution is -2.43. The molecule has 0 aliphatic carbocycles. The van der Waals surface area contributed by atoms with Crippen LogP contribution >= 0.6 is 24.0 Å². The maximum atomic E-state index is 4.29. The highest BCUT2D eigenvalue weighted by molar-refractivity contribution is 14.0. The Morgan fingerprint density at radius 3 is 2.43 bits per heavy atom. The number of likely N-dealkylation sites (tertiary alicyclic amines) is 1. The van der Waals surface area contributed by atoms with Crippen molar-refractivity contribution in [3.63, 3.8) is 0 Å². The van der Waals surface area contributed by atoms with Crippen molar-refractivity contribution in [1.29, 1.82) is 0 Å². The second-order valence-electron chi connectivity index (χ2n) is 6.36. The van der Waals surface area contributed by atoms with Crippen LogP contribution in [0.15, 0.2) is 29.3 Å². The Bertz CT molecular complexity index is 464. The average Bonchev–Trinajstić information content (AvgIpc) is 2.54. The van der Waals surface area contributed by atoms with E-state index in [4.69, 9.17) is 0 Å². The van der Waals surface area contributed by atoms with Crippen LogP contribution < -0.4 is 10.6 Å². The second-order valence-corrected chi connectivity index (χ2v) is 6.36. The predicted molar refractivity (Wildman–Crippen MR) is 110 cm³/mol. The van der Waals surface area contributed by atoms with Crippen LogP contribution in [0.2, 0.25) is 0 Å². The molecule has 0 amide bonds. The van der Waals surface area contributed by atoms with Crippen LogP contribution in [-0.2, 0) is 6.54 Å².